The average molecular weight is 247 g/mol. The molecule has 72 valence electrons. The molecule has 0 saturated carbocycles. The van der Waals surface area contributed by atoms with Crippen molar-refractivity contribution in [1.82, 2.24) is 9.78 Å². The maximum atomic E-state index is 9.02. The lowest BCUT2D eigenvalue weighted by Gasteiger charge is -2.09. The number of aliphatic hydroxyl groups excluding tert-OH is 1. The number of fused-ring (bicyclic) bond motifs is 1. The first-order valence-electron chi connectivity index (χ1n) is 4.20. The number of nitrogens with zero attached hydrogens (tertiary/aromatic N) is 2. The monoisotopic (exact) mass is 246 g/mol. The Hall–Kier alpha value is -0.390. The highest BCUT2D eigenvalue weighted by Crippen LogP contribution is 2.20. The molecule has 1 aliphatic heterocycles. The summed E-state index contributed by atoms with van der Waals surface area (Å²) in [4.78, 5) is 0. The summed E-state index contributed by atoms with van der Waals surface area (Å²) in [6.45, 7) is 2.05. The van der Waals surface area contributed by atoms with Crippen LogP contribution in [0.3, 0.4) is 0 Å². The van der Waals surface area contributed by atoms with Crippen molar-refractivity contribution in [3.8, 4) is 0 Å². The van der Waals surface area contributed by atoms with Gasteiger partial charge < -0.3 is 9.84 Å². The van der Waals surface area contributed by atoms with Crippen LogP contribution in [0.25, 0.3) is 0 Å². The fourth-order valence-electron chi connectivity index (χ4n) is 1.42. The van der Waals surface area contributed by atoms with Gasteiger partial charge in [-0.25, -0.2) is 0 Å². The van der Waals surface area contributed by atoms with Crippen LogP contribution in [-0.2, 0) is 17.9 Å². The van der Waals surface area contributed by atoms with Gasteiger partial charge in [0.2, 0.25) is 0 Å². The first kappa shape index (κ1) is 9.18. The largest absolute Gasteiger partial charge is 0.396 e. The van der Waals surface area contributed by atoms with E-state index >= 15 is 0 Å². The van der Waals surface area contributed by atoms with Crippen LogP contribution < -0.4 is 0 Å². The Labute approximate surface area is 84.6 Å². The van der Waals surface area contributed by atoms with Crippen molar-refractivity contribution in [3.63, 3.8) is 0 Å². The van der Waals surface area contributed by atoms with Crippen molar-refractivity contribution in [1.29, 1.82) is 0 Å². The summed E-state index contributed by atoms with van der Waals surface area (Å²) < 4.78 is 8.28. The molecule has 1 aromatic heterocycles. The van der Waals surface area contributed by atoms with Gasteiger partial charge in [0.25, 0.3) is 0 Å². The summed E-state index contributed by atoms with van der Waals surface area (Å²) in [7, 11) is 0. The van der Waals surface area contributed by atoms with Gasteiger partial charge in [-0.3, -0.25) is 4.68 Å². The summed E-state index contributed by atoms with van der Waals surface area (Å²) in [5, 5.41) is 13.2. The van der Waals surface area contributed by atoms with E-state index in [0.29, 0.717) is 13.2 Å². The molecule has 0 fully saturated rings. The van der Waals surface area contributed by atoms with Crippen molar-refractivity contribution < 1.29 is 9.84 Å². The van der Waals surface area contributed by atoms with Crippen molar-refractivity contribution in [2.45, 2.75) is 13.2 Å². The van der Waals surface area contributed by atoms with Gasteiger partial charge >= 0.3 is 0 Å². The molecule has 0 aromatic carbocycles. The van der Waals surface area contributed by atoms with Crippen LogP contribution in [0.4, 0.5) is 0 Å². The van der Waals surface area contributed by atoms with Crippen molar-refractivity contribution in [2.75, 3.05) is 13.2 Å². The molecule has 0 aliphatic carbocycles. The van der Waals surface area contributed by atoms with E-state index in [9.17, 15) is 0 Å². The van der Waals surface area contributed by atoms with E-state index in [1.165, 1.54) is 0 Å². The van der Waals surface area contributed by atoms with E-state index < -0.39 is 0 Å². The van der Waals surface area contributed by atoms with E-state index in [0.717, 1.165) is 16.7 Å². The minimum atomic E-state index is 0.150. The summed E-state index contributed by atoms with van der Waals surface area (Å²) in [6.07, 6.45) is 1.76. The van der Waals surface area contributed by atoms with Crippen molar-refractivity contribution >= 4 is 15.9 Å². The van der Waals surface area contributed by atoms with E-state index in [1.54, 1.807) is 6.20 Å². The minimum Gasteiger partial charge on any atom is -0.396 e. The van der Waals surface area contributed by atoms with Gasteiger partial charge in [-0.05, 0) is 15.9 Å². The van der Waals surface area contributed by atoms with Crippen LogP contribution in [0, 0.1) is 5.92 Å². The molecule has 5 heteroatoms. The molecule has 0 saturated heterocycles. The lowest BCUT2D eigenvalue weighted by Crippen LogP contribution is -2.17. The standard InChI is InChI=1S/C8H11BrN2O2/c9-7-1-10-11-2-6(3-12)4-13-5-8(7)11/h1,6,12H,2-5H2. The smallest absolute Gasteiger partial charge is 0.0896 e. The molecule has 0 spiro atoms. The Kier molecular flexibility index (Phi) is 2.66. The molecule has 2 rings (SSSR count). The third-order valence-corrected chi connectivity index (χ3v) is 2.84. The van der Waals surface area contributed by atoms with Crippen LogP contribution in [0.5, 0.6) is 0 Å². The summed E-state index contributed by atoms with van der Waals surface area (Å²) >= 11 is 3.40. The summed E-state index contributed by atoms with van der Waals surface area (Å²) in [5.74, 6) is 0.160. The zero-order valence-corrected chi connectivity index (χ0v) is 8.70. The van der Waals surface area contributed by atoms with Crippen LogP contribution in [0.15, 0.2) is 10.7 Å². The lowest BCUT2D eigenvalue weighted by molar-refractivity contribution is 0.0695. The van der Waals surface area contributed by atoms with Crippen molar-refractivity contribution in [2.24, 2.45) is 5.92 Å². The van der Waals surface area contributed by atoms with Gasteiger partial charge in [-0.15, -0.1) is 0 Å². The molecular weight excluding hydrogens is 236 g/mol. The zero-order valence-electron chi connectivity index (χ0n) is 7.11. The quantitative estimate of drug-likeness (QED) is 0.797. The SMILES string of the molecule is OCC1COCc2c(Br)cnn2C1. The molecule has 2 heterocycles. The summed E-state index contributed by atoms with van der Waals surface area (Å²) in [5.41, 5.74) is 1.05. The topological polar surface area (TPSA) is 47.3 Å². The maximum Gasteiger partial charge on any atom is 0.0896 e. The molecule has 1 aliphatic rings. The second-order valence-electron chi connectivity index (χ2n) is 3.19. The highest BCUT2D eigenvalue weighted by molar-refractivity contribution is 9.10. The third-order valence-electron chi connectivity index (χ3n) is 2.18. The van der Waals surface area contributed by atoms with Crippen LogP contribution in [0.2, 0.25) is 0 Å². The van der Waals surface area contributed by atoms with E-state index in [-0.39, 0.29) is 12.5 Å². The van der Waals surface area contributed by atoms with Gasteiger partial charge in [0.1, 0.15) is 0 Å². The molecular formula is C8H11BrN2O2. The highest BCUT2D eigenvalue weighted by atomic mass is 79.9. The number of hydrogen-bond acceptors (Lipinski definition) is 3. The number of hydrogen-bond donors (Lipinski definition) is 1. The normalized spacial score (nSPS) is 22.5. The number of aromatic nitrogens is 2. The molecule has 1 aromatic rings. The average Bonchev–Trinajstić information content (AvgIpc) is 2.41. The van der Waals surface area contributed by atoms with E-state index in [1.807, 2.05) is 4.68 Å². The maximum absolute atomic E-state index is 9.02. The molecule has 1 N–H and O–H groups in total. The molecule has 1 atom stereocenters. The number of aliphatic hydroxyl groups is 1. The predicted molar refractivity (Wildman–Crippen MR) is 50.2 cm³/mol. The molecule has 0 radical (unpaired) electrons. The number of ether oxygens (including phenoxy) is 1. The van der Waals surface area contributed by atoms with Gasteiger partial charge in [-0.2, -0.15) is 5.10 Å². The number of rotatable bonds is 1. The second-order valence-corrected chi connectivity index (χ2v) is 4.04. The molecule has 13 heavy (non-hydrogen) atoms. The Morgan fingerprint density at radius 1 is 1.77 bits per heavy atom. The van der Waals surface area contributed by atoms with Gasteiger partial charge in [0, 0.05) is 19.1 Å². The highest BCUT2D eigenvalue weighted by Gasteiger charge is 2.18. The van der Waals surface area contributed by atoms with Gasteiger partial charge in [0.05, 0.1) is 29.6 Å². The van der Waals surface area contributed by atoms with Gasteiger partial charge in [0.15, 0.2) is 0 Å². The molecule has 0 bridgehead atoms. The summed E-state index contributed by atoms with van der Waals surface area (Å²) in [6, 6.07) is 0. The lowest BCUT2D eigenvalue weighted by atomic mass is 10.2. The molecule has 4 nitrogen and oxygen atoms in total. The van der Waals surface area contributed by atoms with Crippen LogP contribution in [-0.4, -0.2) is 28.1 Å². The van der Waals surface area contributed by atoms with Crippen LogP contribution in [0.1, 0.15) is 5.69 Å². The van der Waals surface area contributed by atoms with Crippen molar-refractivity contribution in [3.05, 3.63) is 16.4 Å². The Morgan fingerprint density at radius 2 is 2.62 bits per heavy atom. The second kappa shape index (κ2) is 3.77. The Balaban J connectivity index is 2.24. The molecule has 0 amide bonds. The first-order valence-corrected chi connectivity index (χ1v) is 4.99. The minimum absolute atomic E-state index is 0.150. The van der Waals surface area contributed by atoms with Gasteiger partial charge in [-0.1, -0.05) is 0 Å². The van der Waals surface area contributed by atoms with Crippen LogP contribution >= 0.6 is 15.9 Å². The zero-order chi connectivity index (χ0) is 9.26. The number of halogens is 1. The predicted octanol–water partition coefficient (Wildman–Crippen LogP) is 0.784. The Morgan fingerprint density at radius 3 is 3.38 bits per heavy atom. The fourth-order valence-corrected chi connectivity index (χ4v) is 1.83. The first-order chi connectivity index (χ1) is 6.31. The fraction of sp³-hybridized carbons (Fsp3) is 0.625. The third kappa shape index (κ3) is 1.77. The van der Waals surface area contributed by atoms with E-state index in [4.69, 9.17) is 9.84 Å². The Bertz CT molecular complexity index is 300. The molecule has 1 unspecified atom stereocenters. The van der Waals surface area contributed by atoms with E-state index in [2.05, 4.69) is 21.0 Å².